The Morgan fingerprint density at radius 2 is 1.90 bits per heavy atom. The summed E-state index contributed by atoms with van der Waals surface area (Å²) in [6, 6.07) is 12.2. The minimum Gasteiger partial charge on any atom is -0.467 e. The number of furan rings is 1. The molecule has 0 bridgehead atoms. The summed E-state index contributed by atoms with van der Waals surface area (Å²) >= 11 is 1.41. The van der Waals surface area contributed by atoms with E-state index in [9.17, 15) is 4.79 Å². The molecule has 154 valence electrons. The van der Waals surface area contributed by atoms with Crippen molar-refractivity contribution in [2.24, 2.45) is 0 Å². The molecule has 0 unspecified atom stereocenters. The first-order chi connectivity index (χ1) is 13.8. The molecule has 0 saturated carbocycles. The van der Waals surface area contributed by atoms with Crippen molar-refractivity contribution in [3.05, 3.63) is 54.0 Å². The third-order valence-corrected chi connectivity index (χ3v) is 5.72. The number of rotatable bonds is 7. The molecule has 0 fully saturated rings. The molecule has 3 aromatic rings. The highest BCUT2D eigenvalue weighted by Crippen LogP contribution is 2.27. The topological polar surface area (TPSA) is 64.2 Å². The van der Waals surface area contributed by atoms with Crippen molar-refractivity contribution in [1.29, 1.82) is 0 Å². The summed E-state index contributed by atoms with van der Waals surface area (Å²) < 4.78 is 7.36. The number of aromatic nitrogens is 3. The van der Waals surface area contributed by atoms with Crippen LogP contribution in [0, 0.1) is 0 Å². The molecule has 0 atom stereocenters. The number of carbonyl (C=O) groups is 1. The summed E-state index contributed by atoms with van der Waals surface area (Å²) in [5.41, 5.74) is 2.42. The SMILES string of the molecule is CCn1c(SCC(=O)N(C)Cc2ccco2)nnc1-c1ccc(C(C)(C)C)cc1. The predicted molar refractivity (Wildman–Crippen MR) is 116 cm³/mol. The molecule has 7 heteroatoms. The summed E-state index contributed by atoms with van der Waals surface area (Å²) in [6.07, 6.45) is 1.61. The molecule has 1 aromatic carbocycles. The fourth-order valence-corrected chi connectivity index (χ4v) is 3.92. The molecule has 0 saturated heterocycles. The van der Waals surface area contributed by atoms with Gasteiger partial charge in [-0.05, 0) is 30.0 Å². The molecular formula is C22H28N4O2S. The number of carbonyl (C=O) groups excluding carboxylic acids is 1. The van der Waals surface area contributed by atoms with Crippen LogP contribution in [0.3, 0.4) is 0 Å². The molecule has 3 rings (SSSR count). The van der Waals surface area contributed by atoms with E-state index in [-0.39, 0.29) is 11.3 Å². The number of nitrogens with zero attached hydrogens (tertiary/aromatic N) is 4. The Labute approximate surface area is 176 Å². The van der Waals surface area contributed by atoms with Gasteiger partial charge in [0.2, 0.25) is 5.91 Å². The minimum absolute atomic E-state index is 0.0214. The number of thioether (sulfide) groups is 1. The van der Waals surface area contributed by atoms with Gasteiger partial charge in [-0.2, -0.15) is 0 Å². The van der Waals surface area contributed by atoms with Crippen molar-refractivity contribution in [2.45, 2.75) is 51.4 Å². The van der Waals surface area contributed by atoms with Gasteiger partial charge in [-0.15, -0.1) is 10.2 Å². The lowest BCUT2D eigenvalue weighted by Crippen LogP contribution is -2.27. The Hall–Kier alpha value is -2.54. The van der Waals surface area contributed by atoms with Crippen LogP contribution in [0.25, 0.3) is 11.4 Å². The first-order valence-electron chi connectivity index (χ1n) is 9.73. The molecule has 0 aliphatic heterocycles. The minimum atomic E-state index is 0.0214. The van der Waals surface area contributed by atoms with Crippen LogP contribution in [0.4, 0.5) is 0 Å². The highest BCUT2D eigenvalue weighted by molar-refractivity contribution is 7.99. The van der Waals surface area contributed by atoms with Crippen LogP contribution in [-0.2, 0) is 23.3 Å². The van der Waals surface area contributed by atoms with Crippen molar-refractivity contribution in [2.75, 3.05) is 12.8 Å². The van der Waals surface area contributed by atoms with Crippen LogP contribution in [0.1, 0.15) is 39.0 Å². The van der Waals surface area contributed by atoms with Gasteiger partial charge >= 0.3 is 0 Å². The van der Waals surface area contributed by atoms with Crippen molar-refractivity contribution >= 4 is 17.7 Å². The second-order valence-corrected chi connectivity index (χ2v) is 8.94. The molecule has 2 heterocycles. The van der Waals surface area contributed by atoms with Gasteiger partial charge in [0.1, 0.15) is 5.76 Å². The van der Waals surface area contributed by atoms with Crippen LogP contribution in [0.2, 0.25) is 0 Å². The molecule has 1 amide bonds. The van der Waals surface area contributed by atoms with E-state index in [0.717, 1.165) is 28.8 Å². The van der Waals surface area contributed by atoms with Gasteiger partial charge in [0.25, 0.3) is 0 Å². The largest absolute Gasteiger partial charge is 0.467 e. The van der Waals surface area contributed by atoms with Crippen LogP contribution in [-0.4, -0.2) is 38.4 Å². The van der Waals surface area contributed by atoms with Gasteiger partial charge in [0, 0.05) is 19.2 Å². The maximum atomic E-state index is 12.5. The van der Waals surface area contributed by atoms with E-state index < -0.39 is 0 Å². The average Bonchev–Trinajstić information content (AvgIpc) is 3.34. The normalized spacial score (nSPS) is 11.6. The molecular weight excluding hydrogens is 384 g/mol. The summed E-state index contributed by atoms with van der Waals surface area (Å²) in [6.45, 7) is 9.85. The van der Waals surface area contributed by atoms with E-state index in [1.165, 1.54) is 17.3 Å². The van der Waals surface area contributed by atoms with E-state index in [0.29, 0.717) is 12.3 Å². The zero-order valence-corrected chi connectivity index (χ0v) is 18.5. The molecule has 2 aromatic heterocycles. The monoisotopic (exact) mass is 412 g/mol. The third kappa shape index (κ3) is 5.09. The fraction of sp³-hybridized carbons (Fsp3) is 0.409. The molecule has 0 aliphatic rings. The summed E-state index contributed by atoms with van der Waals surface area (Å²) in [5.74, 6) is 1.92. The molecule has 0 N–H and O–H groups in total. The van der Waals surface area contributed by atoms with Crippen LogP contribution in [0.5, 0.6) is 0 Å². The van der Waals surface area contributed by atoms with Crippen molar-refractivity contribution < 1.29 is 9.21 Å². The Kier molecular flexibility index (Phi) is 6.47. The lowest BCUT2D eigenvalue weighted by atomic mass is 9.87. The van der Waals surface area contributed by atoms with Gasteiger partial charge < -0.3 is 13.9 Å². The van der Waals surface area contributed by atoms with Gasteiger partial charge in [-0.3, -0.25) is 4.79 Å². The maximum absolute atomic E-state index is 12.5. The Morgan fingerprint density at radius 1 is 1.17 bits per heavy atom. The molecule has 6 nitrogen and oxygen atoms in total. The summed E-state index contributed by atoms with van der Waals surface area (Å²) in [7, 11) is 1.78. The molecule has 0 spiro atoms. The molecule has 0 aliphatic carbocycles. The Balaban J connectivity index is 1.68. The van der Waals surface area contributed by atoms with E-state index >= 15 is 0 Å². The molecule has 29 heavy (non-hydrogen) atoms. The van der Waals surface area contributed by atoms with E-state index in [1.54, 1.807) is 18.2 Å². The van der Waals surface area contributed by atoms with Crippen molar-refractivity contribution in [3.8, 4) is 11.4 Å². The number of hydrogen-bond donors (Lipinski definition) is 0. The highest BCUT2D eigenvalue weighted by atomic mass is 32.2. The summed E-state index contributed by atoms with van der Waals surface area (Å²) in [5, 5.41) is 9.47. The van der Waals surface area contributed by atoms with E-state index in [4.69, 9.17) is 4.42 Å². The third-order valence-electron chi connectivity index (χ3n) is 4.77. The van der Waals surface area contributed by atoms with Crippen molar-refractivity contribution in [3.63, 3.8) is 0 Å². The fourth-order valence-electron chi connectivity index (χ4n) is 2.97. The molecule has 0 radical (unpaired) electrons. The highest BCUT2D eigenvalue weighted by Gasteiger charge is 2.18. The number of hydrogen-bond acceptors (Lipinski definition) is 5. The van der Waals surface area contributed by atoms with E-state index in [1.807, 2.05) is 12.1 Å². The van der Waals surface area contributed by atoms with Crippen LogP contribution in [0.15, 0.2) is 52.2 Å². The quantitative estimate of drug-likeness (QED) is 0.531. The summed E-state index contributed by atoms with van der Waals surface area (Å²) in [4.78, 5) is 14.1. The maximum Gasteiger partial charge on any atom is 0.233 e. The smallest absolute Gasteiger partial charge is 0.233 e. The second-order valence-electron chi connectivity index (χ2n) is 8.00. The van der Waals surface area contributed by atoms with Crippen molar-refractivity contribution in [1.82, 2.24) is 19.7 Å². The predicted octanol–water partition coefficient (Wildman–Crippen LogP) is 4.61. The zero-order chi connectivity index (χ0) is 21.0. The van der Waals surface area contributed by atoms with Gasteiger partial charge in [0.05, 0.1) is 18.6 Å². The van der Waals surface area contributed by atoms with E-state index in [2.05, 4.69) is 66.7 Å². The van der Waals surface area contributed by atoms with Crippen LogP contribution >= 0.6 is 11.8 Å². The lowest BCUT2D eigenvalue weighted by Gasteiger charge is -2.19. The Bertz CT molecular complexity index is 940. The zero-order valence-electron chi connectivity index (χ0n) is 17.7. The Morgan fingerprint density at radius 3 is 2.48 bits per heavy atom. The standard InChI is InChI=1S/C22H28N4O2S/c1-6-26-20(16-9-11-17(12-10-16)22(2,3)4)23-24-21(26)29-15-19(27)25(5)14-18-8-7-13-28-18/h7-13H,6,14-15H2,1-5H3. The van der Waals surface area contributed by atoms with Gasteiger partial charge in [0.15, 0.2) is 11.0 Å². The average molecular weight is 413 g/mol. The van der Waals surface area contributed by atoms with Gasteiger partial charge in [-0.25, -0.2) is 0 Å². The lowest BCUT2D eigenvalue weighted by molar-refractivity contribution is -0.127. The van der Waals surface area contributed by atoms with Crippen LogP contribution < -0.4 is 0 Å². The number of benzene rings is 1. The number of amides is 1. The second kappa shape index (κ2) is 8.86. The first kappa shape index (κ1) is 21.2. The first-order valence-corrected chi connectivity index (χ1v) is 10.7. The van der Waals surface area contributed by atoms with Gasteiger partial charge in [-0.1, -0.05) is 56.8 Å².